The molecule has 0 fully saturated rings. The molecule has 1 atom stereocenters. The van der Waals surface area contributed by atoms with E-state index in [0.29, 0.717) is 19.3 Å². The monoisotopic (exact) mass is 1150 g/mol. The fourth-order valence-electron chi connectivity index (χ4n) is 9.99. The predicted molar refractivity (Wildman–Crippen MR) is 362 cm³/mol. The van der Waals surface area contributed by atoms with Gasteiger partial charge in [-0.2, -0.15) is 0 Å². The topological polar surface area (TPSA) is 78.9 Å². The minimum atomic E-state index is -0.794. The van der Waals surface area contributed by atoms with Crippen LogP contribution in [-0.2, 0) is 28.6 Å². The Balaban J connectivity index is 4.35. The summed E-state index contributed by atoms with van der Waals surface area (Å²) in [5.74, 6) is -0.908. The van der Waals surface area contributed by atoms with Crippen molar-refractivity contribution in [1.82, 2.24) is 0 Å². The van der Waals surface area contributed by atoms with E-state index < -0.39 is 6.10 Å². The van der Waals surface area contributed by atoms with Crippen LogP contribution in [0.4, 0.5) is 0 Å². The molecule has 0 aromatic carbocycles. The SMILES string of the molecule is CC/C=C\C/C=C\C/C=C\C/C=C\C/C=C\C/C=C\C/C=C\C/C=C\CCCCCCC(=O)OCC(COC(=O)CCCCCCC/C=C\CCCCCC)OC(=O)CCCCCCCCCCCCCCCCCCCCCCCCC. The number of esters is 3. The van der Waals surface area contributed by atoms with Gasteiger partial charge in [-0.1, -0.05) is 323 Å². The van der Waals surface area contributed by atoms with Crippen molar-refractivity contribution in [3.05, 3.63) is 109 Å². The lowest BCUT2D eigenvalue weighted by molar-refractivity contribution is -0.167. The second-order valence-electron chi connectivity index (χ2n) is 23.4. The van der Waals surface area contributed by atoms with Crippen LogP contribution in [0, 0.1) is 0 Å². The van der Waals surface area contributed by atoms with Gasteiger partial charge in [0.2, 0.25) is 0 Å². The first kappa shape index (κ1) is 79.1. The summed E-state index contributed by atoms with van der Waals surface area (Å²) in [6.07, 6.45) is 96.9. The lowest BCUT2D eigenvalue weighted by Crippen LogP contribution is -2.30. The Bertz CT molecular complexity index is 1660. The van der Waals surface area contributed by atoms with Gasteiger partial charge in [0.1, 0.15) is 13.2 Å². The number of carbonyl (C=O) groups is 3. The third-order valence-corrected chi connectivity index (χ3v) is 15.3. The molecular formula is C77H132O6. The summed E-state index contributed by atoms with van der Waals surface area (Å²) in [6.45, 7) is 6.52. The predicted octanol–water partition coefficient (Wildman–Crippen LogP) is 24.6. The first-order valence-electron chi connectivity index (χ1n) is 35.4. The molecule has 0 saturated carbocycles. The van der Waals surface area contributed by atoms with Gasteiger partial charge in [-0.05, 0) is 109 Å². The normalized spacial score (nSPS) is 12.8. The summed E-state index contributed by atoms with van der Waals surface area (Å²) in [6, 6.07) is 0. The molecule has 6 nitrogen and oxygen atoms in total. The van der Waals surface area contributed by atoms with E-state index in [2.05, 4.69) is 130 Å². The van der Waals surface area contributed by atoms with E-state index in [0.717, 1.165) is 128 Å². The molecule has 0 spiro atoms. The molecule has 0 radical (unpaired) electrons. The van der Waals surface area contributed by atoms with Crippen molar-refractivity contribution in [2.45, 2.75) is 348 Å². The zero-order valence-corrected chi connectivity index (χ0v) is 54.7. The van der Waals surface area contributed by atoms with Crippen LogP contribution < -0.4 is 0 Å². The molecule has 0 aromatic rings. The molecule has 0 N–H and O–H groups in total. The highest BCUT2D eigenvalue weighted by Gasteiger charge is 2.19. The van der Waals surface area contributed by atoms with Gasteiger partial charge >= 0.3 is 17.9 Å². The molecule has 0 bridgehead atoms. The number of hydrogen-bond acceptors (Lipinski definition) is 6. The fraction of sp³-hybridized carbons (Fsp3) is 0.727. The summed E-state index contributed by atoms with van der Waals surface area (Å²) in [5, 5.41) is 0. The molecule has 476 valence electrons. The van der Waals surface area contributed by atoms with Crippen molar-refractivity contribution in [2.75, 3.05) is 13.2 Å². The zero-order chi connectivity index (χ0) is 59.9. The minimum absolute atomic E-state index is 0.0885. The molecule has 0 amide bonds. The van der Waals surface area contributed by atoms with E-state index in [1.807, 2.05) is 0 Å². The van der Waals surface area contributed by atoms with Crippen molar-refractivity contribution in [1.29, 1.82) is 0 Å². The van der Waals surface area contributed by atoms with Crippen LogP contribution in [0.15, 0.2) is 109 Å². The smallest absolute Gasteiger partial charge is 0.306 e. The average molecular weight is 1150 g/mol. The number of hydrogen-bond donors (Lipinski definition) is 0. The number of carbonyl (C=O) groups excluding carboxylic acids is 3. The largest absolute Gasteiger partial charge is 0.462 e. The van der Waals surface area contributed by atoms with Gasteiger partial charge in [0.15, 0.2) is 6.10 Å². The van der Waals surface area contributed by atoms with Gasteiger partial charge in [-0.3, -0.25) is 14.4 Å². The second kappa shape index (κ2) is 70.6. The average Bonchev–Trinajstić information content (AvgIpc) is 3.49. The summed E-state index contributed by atoms with van der Waals surface area (Å²) >= 11 is 0. The van der Waals surface area contributed by atoms with Crippen LogP contribution in [0.1, 0.15) is 342 Å². The molecule has 6 heteroatoms. The van der Waals surface area contributed by atoms with Gasteiger partial charge < -0.3 is 14.2 Å². The number of allylic oxidation sites excluding steroid dienone is 18. The van der Waals surface area contributed by atoms with Crippen molar-refractivity contribution in [3.8, 4) is 0 Å². The van der Waals surface area contributed by atoms with Crippen LogP contribution in [0.2, 0.25) is 0 Å². The highest BCUT2D eigenvalue weighted by molar-refractivity contribution is 5.71. The van der Waals surface area contributed by atoms with Gasteiger partial charge in [0, 0.05) is 19.3 Å². The Labute approximate surface area is 514 Å². The molecule has 0 rings (SSSR count). The van der Waals surface area contributed by atoms with Crippen LogP contribution >= 0.6 is 0 Å². The van der Waals surface area contributed by atoms with E-state index in [4.69, 9.17) is 14.2 Å². The Morgan fingerprint density at radius 3 is 0.759 bits per heavy atom. The Hall–Kier alpha value is -3.93. The zero-order valence-electron chi connectivity index (χ0n) is 54.7. The highest BCUT2D eigenvalue weighted by Crippen LogP contribution is 2.17. The lowest BCUT2D eigenvalue weighted by atomic mass is 10.0. The fourth-order valence-corrected chi connectivity index (χ4v) is 9.99. The second-order valence-corrected chi connectivity index (χ2v) is 23.4. The number of rotatable bonds is 64. The summed E-state index contributed by atoms with van der Waals surface area (Å²) in [5.41, 5.74) is 0. The lowest BCUT2D eigenvalue weighted by Gasteiger charge is -2.18. The van der Waals surface area contributed by atoms with Crippen LogP contribution in [0.5, 0.6) is 0 Å². The molecule has 0 heterocycles. The molecule has 0 aliphatic carbocycles. The third kappa shape index (κ3) is 68.7. The molecule has 83 heavy (non-hydrogen) atoms. The van der Waals surface area contributed by atoms with Gasteiger partial charge in [-0.25, -0.2) is 0 Å². The standard InChI is InChI=1S/C77H132O6/c1-4-7-10-13-16-19-22-25-27-29-31-33-35-36-37-38-39-40-42-43-45-47-49-52-55-58-61-64-67-70-76(79)82-73-74(72-81-75(78)69-66-63-60-57-54-51-24-21-18-15-12-9-6-3)83-77(80)71-68-65-62-59-56-53-50-48-46-44-41-34-32-30-28-26-23-20-17-14-11-8-5-2/h7,10,16,19,21,24-25,27,31,33,36-37,39-40,43,45,49,52,74H,4-6,8-9,11-15,17-18,20,22-23,26,28-30,32,34-35,38,41-42,44,46-48,50-51,53-73H2,1-3H3/b10-7-,19-16-,24-21-,27-25-,33-31-,37-36-,40-39-,45-43-,52-49-. The van der Waals surface area contributed by atoms with E-state index in [9.17, 15) is 14.4 Å². The van der Waals surface area contributed by atoms with E-state index in [1.54, 1.807) is 0 Å². The van der Waals surface area contributed by atoms with Gasteiger partial charge in [0.25, 0.3) is 0 Å². The molecule has 0 aliphatic heterocycles. The Kier molecular flexibility index (Phi) is 67.2. The first-order chi connectivity index (χ1) is 41.0. The number of ether oxygens (including phenoxy) is 3. The summed E-state index contributed by atoms with van der Waals surface area (Å²) in [7, 11) is 0. The summed E-state index contributed by atoms with van der Waals surface area (Å²) < 4.78 is 17.0. The summed E-state index contributed by atoms with van der Waals surface area (Å²) in [4.78, 5) is 38.4. The number of unbranched alkanes of at least 4 members (excludes halogenated alkanes) is 35. The minimum Gasteiger partial charge on any atom is -0.462 e. The van der Waals surface area contributed by atoms with Crippen molar-refractivity contribution in [3.63, 3.8) is 0 Å². The first-order valence-corrected chi connectivity index (χ1v) is 35.4. The van der Waals surface area contributed by atoms with Crippen LogP contribution in [0.3, 0.4) is 0 Å². The molecule has 1 unspecified atom stereocenters. The Morgan fingerprint density at radius 1 is 0.253 bits per heavy atom. The highest BCUT2D eigenvalue weighted by atomic mass is 16.6. The van der Waals surface area contributed by atoms with Crippen molar-refractivity contribution in [2.24, 2.45) is 0 Å². The van der Waals surface area contributed by atoms with E-state index in [-0.39, 0.29) is 31.1 Å². The maximum absolute atomic E-state index is 13.0. The van der Waals surface area contributed by atoms with E-state index in [1.165, 1.54) is 173 Å². The van der Waals surface area contributed by atoms with Gasteiger partial charge in [-0.15, -0.1) is 0 Å². The maximum atomic E-state index is 13.0. The third-order valence-electron chi connectivity index (χ3n) is 15.3. The van der Waals surface area contributed by atoms with Gasteiger partial charge in [0.05, 0.1) is 0 Å². The van der Waals surface area contributed by atoms with Crippen molar-refractivity contribution >= 4 is 17.9 Å². The Morgan fingerprint density at radius 2 is 0.470 bits per heavy atom. The van der Waals surface area contributed by atoms with Crippen molar-refractivity contribution < 1.29 is 28.6 Å². The van der Waals surface area contributed by atoms with E-state index >= 15 is 0 Å². The van der Waals surface area contributed by atoms with Crippen LogP contribution in [0.25, 0.3) is 0 Å². The molecule has 0 aliphatic rings. The molecular weight excluding hydrogens is 1020 g/mol. The van der Waals surface area contributed by atoms with Crippen LogP contribution in [-0.4, -0.2) is 37.2 Å². The quantitative estimate of drug-likeness (QED) is 0.0261. The molecule has 0 saturated heterocycles. The maximum Gasteiger partial charge on any atom is 0.306 e. The molecule has 0 aromatic heterocycles.